The van der Waals surface area contributed by atoms with Gasteiger partial charge >= 0.3 is 0 Å². The second kappa shape index (κ2) is 3.25. The SMILES string of the molecule is OC1CCC[SiH2]CC1. The summed E-state index contributed by atoms with van der Waals surface area (Å²) in [6, 6.07) is 2.85. The van der Waals surface area contributed by atoms with Gasteiger partial charge < -0.3 is 5.11 Å². The van der Waals surface area contributed by atoms with Crippen LogP contribution in [0.4, 0.5) is 0 Å². The van der Waals surface area contributed by atoms with Gasteiger partial charge in [-0.2, -0.15) is 0 Å². The van der Waals surface area contributed by atoms with E-state index >= 15 is 0 Å². The average Bonchev–Trinajstić information content (AvgIpc) is 1.94. The molecular formula is C6H14OSi. The standard InChI is InChI=1S/C6H14OSi/c7-6-2-1-4-8-5-3-6/h6-7H,1-5,8H2. The molecule has 0 amide bonds. The molecule has 0 radical (unpaired) electrons. The summed E-state index contributed by atoms with van der Waals surface area (Å²) < 4.78 is 0. The summed E-state index contributed by atoms with van der Waals surface area (Å²) >= 11 is 0. The quantitative estimate of drug-likeness (QED) is 0.474. The Labute approximate surface area is 52.9 Å². The minimum absolute atomic E-state index is 0.0602. The number of rotatable bonds is 0. The molecule has 0 aromatic heterocycles. The Bertz CT molecular complexity index is 57.5. The summed E-state index contributed by atoms with van der Waals surface area (Å²) in [5.41, 5.74) is 0. The number of aliphatic hydroxyl groups is 1. The van der Waals surface area contributed by atoms with Crippen molar-refractivity contribution in [2.24, 2.45) is 0 Å². The van der Waals surface area contributed by atoms with Gasteiger partial charge in [0.05, 0.1) is 6.10 Å². The Kier molecular flexibility index (Phi) is 2.56. The molecule has 1 rings (SSSR count). The summed E-state index contributed by atoms with van der Waals surface area (Å²) in [4.78, 5) is 0. The van der Waals surface area contributed by atoms with Crippen LogP contribution < -0.4 is 0 Å². The molecule has 1 N–H and O–H groups in total. The van der Waals surface area contributed by atoms with E-state index in [0.29, 0.717) is 0 Å². The van der Waals surface area contributed by atoms with Gasteiger partial charge in [0.2, 0.25) is 0 Å². The molecular weight excluding hydrogens is 116 g/mol. The lowest BCUT2D eigenvalue weighted by Crippen LogP contribution is -2.02. The molecule has 8 heavy (non-hydrogen) atoms. The first-order valence-electron chi connectivity index (χ1n) is 3.57. The van der Waals surface area contributed by atoms with E-state index in [1.54, 1.807) is 0 Å². The van der Waals surface area contributed by atoms with E-state index in [1.165, 1.54) is 18.5 Å². The van der Waals surface area contributed by atoms with E-state index in [0.717, 1.165) is 12.8 Å². The zero-order valence-electron chi connectivity index (χ0n) is 5.27. The van der Waals surface area contributed by atoms with E-state index in [1.807, 2.05) is 0 Å². The van der Waals surface area contributed by atoms with Gasteiger partial charge in [-0.1, -0.05) is 18.5 Å². The van der Waals surface area contributed by atoms with Crippen LogP contribution in [0.5, 0.6) is 0 Å². The number of hydrogen-bond donors (Lipinski definition) is 1. The molecule has 0 aromatic carbocycles. The van der Waals surface area contributed by atoms with Crippen LogP contribution in [-0.4, -0.2) is 20.7 Å². The average molecular weight is 130 g/mol. The molecule has 1 aliphatic heterocycles. The van der Waals surface area contributed by atoms with Gasteiger partial charge in [-0.05, 0) is 12.8 Å². The lowest BCUT2D eigenvalue weighted by atomic mass is 10.2. The maximum Gasteiger partial charge on any atom is 0.0537 e. The maximum atomic E-state index is 9.11. The maximum absolute atomic E-state index is 9.11. The van der Waals surface area contributed by atoms with Gasteiger partial charge in [0.25, 0.3) is 0 Å². The first-order valence-corrected chi connectivity index (χ1v) is 5.57. The topological polar surface area (TPSA) is 20.2 Å². The van der Waals surface area contributed by atoms with E-state index in [2.05, 4.69) is 0 Å². The highest BCUT2D eigenvalue weighted by atomic mass is 28.2. The minimum atomic E-state index is 0.0602. The Balaban J connectivity index is 2.17. The highest BCUT2D eigenvalue weighted by Crippen LogP contribution is 2.12. The molecule has 0 aromatic rings. The van der Waals surface area contributed by atoms with E-state index in [4.69, 9.17) is 5.11 Å². The number of hydrogen-bond acceptors (Lipinski definition) is 1. The lowest BCUT2D eigenvalue weighted by molar-refractivity contribution is 0.162. The van der Waals surface area contributed by atoms with E-state index < -0.39 is 0 Å². The smallest absolute Gasteiger partial charge is 0.0537 e. The monoisotopic (exact) mass is 130 g/mol. The van der Waals surface area contributed by atoms with Gasteiger partial charge in [-0.15, -0.1) is 0 Å². The van der Waals surface area contributed by atoms with Crippen LogP contribution in [-0.2, 0) is 0 Å². The summed E-state index contributed by atoms with van der Waals surface area (Å²) in [6.45, 7) is 0. The summed E-state index contributed by atoms with van der Waals surface area (Å²) in [5.74, 6) is 0. The van der Waals surface area contributed by atoms with Gasteiger partial charge in [0.1, 0.15) is 0 Å². The fourth-order valence-electron chi connectivity index (χ4n) is 1.26. The molecule has 1 unspecified atom stereocenters. The third-order valence-corrected chi connectivity index (χ3v) is 3.73. The van der Waals surface area contributed by atoms with E-state index in [-0.39, 0.29) is 15.6 Å². The van der Waals surface area contributed by atoms with Crippen molar-refractivity contribution in [2.75, 3.05) is 0 Å². The van der Waals surface area contributed by atoms with Crippen LogP contribution in [0, 0.1) is 0 Å². The zero-order chi connectivity index (χ0) is 5.82. The highest BCUT2D eigenvalue weighted by molar-refractivity contribution is 6.35. The van der Waals surface area contributed by atoms with Gasteiger partial charge in [0, 0.05) is 9.52 Å². The second-order valence-corrected chi connectivity index (χ2v) is 4.77. The number of aliphatic hydroxyl groups excluding tert-OH is 1. The van der Waals surface area contributed by atoms with Crippen LogP contribution >= 0.6 is 0 Å². The molecule has 0 aliphatic carbocycles. The fraction of sp³-hybridized carbons (Fsp3) is 1.00. The molecule has 0 bridgehead atoms. The molecule has 48 valence electrons. The Morgan fingerprint density at radius 2 is 2.12 bits per heavy atom. The summed E-state index contributed by atoms with van der Waals surface area (Å²) in [5, 5.41) is 9.11. The van der Waals surface area contributed by atoms with Gasteiger partial charge in [-0.25, -0.2) is 0 Å². The van der Waals surface area contributed by atoms with Crippen molar-refractivity contribution in [3.8, 4) is 0 Å². The van der Waals surface area contributed by atoms with Crippen molar-refractivity contribution in [1.82, 2.24) is 0 Å². The van der Waals surface area contributed by atoms with Crippen molar-refractivity contribution in [1.29, 1.82) is 0 Å². The Morgan fingerprint density at radius 1 is 1.25 bits per heavy atom. The molecule has 1 nitrogen and oxygen atoms in total. The predicted molar refractivity (Wildman–Crippen MR) is 38.0 cm³/mol. The van der Waals surface area contributed by atoms with Crippen LogP contribution in [0.3, 0.4) is 0 Å². The minimum Gasteiger partial charge on any atom is -0.393 e. The largest absolute Gasteiger partial charge is 0.393 e. The zero-order valence-corrected chi connectivity index (χ0v) is 6.68. The van der Waals surface area contributed by atoms with Crippen LogP contribution in [0.1, 0.15) is 19.3 Å². The molecule has 1 atom stereocenters. The van der Waals surface area contributed by atoms with Gasteiger partial charge in [0.15, 0.2) is 0 Å². The molecule has 0 saturated carbocycles. The van der Waals surface area contributed by atoms with Crippen molar-refractivity contribution in [3.63, 3.8) is 0 Å². The van der Waals surface area contributed by atoms with Gasteiger partial charge in [-0.3, -0.25) is 0 Å². The van der Waals surface area contributed by atoms with Crippen LogP contribution in [0.2, 0.25) is 12.1 Å². The van der Waals surface area contributed by atoms with Crippen LogP contribution in [0.25, 0.3) is 0 Å². The molecule has 1 aliphatic rings. The van der Waals surface area contributed by atoms with Crippen molar-refractivity contribution >= 4 is 9.52 Å². The summed E-state index contributed by atoms with van der Waals surface area (Å²) in [6.07, 6.45) is 3.54. The molecule has 0 spiro atoms. The van der Waals surface area contributed by atoms with Crippen LogP contribution in [0.15, 0.2) is 0 Å². The normalized spacial score (nSPS) is 34.9. The third kappa shape index (κ3) is 1.97. The first-order chi connectivity index (χ1) is 3.89. The van der Waals surface area contributed by atoms with E-state index in [9.17, 15) is 0 Å². The molecule has 1 fully saturated rings. The Hall–Kier alpha value is 0.177. The molecule has 1 saturated heterocycles. The highest BCUT2D eigenvalue weighted by Gasteiger charge is 2.06. The molecule has 2 heteroatoms. The van der Waals surface area contributed by atoms with Crippen molar-refractivity contribution in [3.05, 3.63) is 0 Å². The lowest BCUT2D eigenvalue weighted by Gasteiger charge is -2.02. The first kappa shape index (κ1) is 6.30. The Morgan fingerprint density at radius 3 is 3.00 bits per heavy atom. The fourth-order valence-corrected chi connectivity index (χ4v) is 3.01. The second-order valence-electron chi connectivity index (χ2n) is 2.65. The summed E-state index contributed by atoms with van der Waals surface area (Å²) in [7, 11) is 0.282. The predicted octanol–water partition coefficient (Wildman–Crippen LogP) is 0.537. The van der Waals surface area contributed by atoms with Crippen molar-refractivity contribution in [2.45, 2.75) is 37.5 Å². The third-order valence-electron chi connectivity index (χ3n) is 1.82. The molecule has 1 heterocycles. The van der Waals surface area contributed by atoms with Crippen molar-refractivity contribution < 1.29 is 5.11 Å².